The fourth-order valence-corrected chi connectivity index (χ4v) is 2.57. The van der Waals surface area contributed by atoms with Gasteiger partial charge in [-0.2, -0.15) is 0 Å². The van der Waals surface area contributed by atoms with E-state index in [9.17, 15) is 4.79 Å². The number of aromatic nitrogens is 2. The molecular weight excluding hydrogens is 374 g/mol. The first kappa shape index (κ1) is 18.8. The summed E-state index contributed by atoms with van der Waals surface area (Å²) in [5, 5.41) is 8.08. The summed E-state index contributed by atoms with van der Waals surface area (Å²) in [6.07, 6.45) is 1.46. The van der Waals surface area contributed by atoms with E-state index < -0.39 is 0 Å². The van der Waals surface area contributed by atoms with Gasteiger partial charge in [-0.25, -0.2) is 0 Å². The molecule has 27 heavy (non-hydrogen) atoms. The minimum Gasteiger partial charge on any atom is -0.497 e. The van der Waals surface area contributed by atoms with Gasteiger partial charge in [-0.05, 0) is 19.1 Å². The summed E-state index contributed by atoms with van der Waals surface area (Å²) < 4.78 is 20.7. The van der Waals surface area contributed by atoms with Gasteiger partial charge in [0.1, 0.15) is 30.1 Å². The molecule has 0 fully saturated rings. The predicted octanol–water partition coefficient (Wildman–Crippen LogP) is 3.74. The number of rotatable bonds is 7. The third kappa shape index (κ3) is 4.22. The summed E-state index contributed by atoms with van der Waals surface area (Å²) >= 11 is 6.13. The van der Waals surface area contributed by atoms with Crippen molar-refractivity contribution in [2.24, 2.45) is 0 Å². The maximum absolute atomic E-state index is 12.6. The lowest BCUT2D eigenvalue weighted by Crippen LogP contribution is -2.30. The molecule has 9 heteroatoms. The van der Waals surface area contributed by atoms with E-state index in [1.807, 2.05) is 6.92 Å². The van der Waals surface area contributed by atoms with Crippen molar-refractivity contribution in [1.82, 2.24) is 15.2 Å². The lowest BCUT2D eigenvalue weighted by Gasteiger charge is -2.21. The molecule has 0 N–H and O–H groups in total. The number of hydrogen-bond donors (Lipinski definition) is 0. The highest BCUT2D eigenvalue weighted by atomic mass is 35.5. The molecule has 0 bridgehead atoms. The number of carbonyl (C=O) groups excluding carboxylic acids is 1. The molecule has 0 aliphatic carbocycles. The fourth-order valence-electron chi connectivity index (χ4n) is 2.35. The van der Waals surface area contributed by atoms with E-state index in [0.717, 1.165) is 0 Å². The van der Waals surface area contributed by atoms with Crippen molar-refractivity contribution in [3.63, 3.8) is 0 Å². The number of methoxy groups -OCH3 is 1. The molecule has 2 heterocycles. The molecular formula is C18H18ClN3O5. The number of benzene rings is 1. The second kappa shape index (κ2) is 8.13. The van der Waals surface area contributed by atoms with Gasteiger partial charge in [0.05, 0.1) is 18.2 Å². The quantitative estimate of drug-likeness (QED) is 0.605. The molecule has 1 atom stereocenters. The Morgan fingerprint density at radius 1 is 1.30 bits per heavy atom. The average Bonchev–Trinajstić information content (AvgIpc) is 3.37. The number of hydrogen-bond acceptors (Lipinski definition) is 7. The van der Waals surface area contributed by atoms with Crippen molar-refractivity contribution in [2.45, 2.75) is 19.6 Å². The van der Waals surface area contributed by atoms with Gasteiger partial charge in [0.15, 0.2) is 11.5 Å². The highest BCUT2D eigenvalue weighted by Crippen LogP contribution is 2.29. The van der Waals surface area contributed by atoms with Crippen molar-refractivity contribution >= 4 is 17.5 Å². The molecule has 8 nitrogen and oxygen atoms in total. The number of halogens is 1. The van der Waals surface area contributed by atoms with Gasteiger partial charge in [0.25, 0.3) is 5.91 Å². The molecule has 142 valence electrons. The Bertz CT molecular complexity index is 910. The zero-order chi connectivity index (χ0) is 19.4. The predicted molar refractivity (Wildman–Crippen MR) is 95.9 cm³/mol. The number of carbonyl (C=O) groups is 1. The van der Waals surface area contributed by atoms with E-state index in [2.05, 4.69) is 10.3 Å². The van der Waals surface area contributed by atoms with Crippen molar-refractivity contribution in [2.75, 3.05) is 14.2 Å². The van der Waals surface area contributed by atoms with Gasteiger partial charge in [0.2, 0.25) is 0 Å². The maximum Gasteiger partial charge on any atom is 0.276 e. The number of nitrogens with zero attached hydrogens (tertiary/aromatic N) is 3. The smallest absolute Gasteiger partial charge is 0.276 e. The second-order valence-electron chi connectivity index (χ2n) is 5.78. The number of amides is 1. The maximum atomic E-state index is 12.6. The van der Waals surface area contributed by atoms with Gasteiger partial charge >= 0.3 is 0 Å². The monoisotopic (exact) mass is 391 g/mol. The van der Waals surface area contributed by atoms with E-state index in [-0.39, 0.29) is 24.2 Å². The summed E-state index contributed by atoms with van der Waals surface area (Å²) in [4.78, 5) is 14.1. The first-order valence-corrected chi connectivity index (χ1v) is 8.46. The van der Waals surface area contributed by atoms with Crippen LogP contribution in [0.5, 0.6) is 11.5 Å². The zero-order valence-electron chi connectivity index (χ0n) is 15.0. The first-order chi connectivity index (χ1) is 13.0. The Morgan fingerprint density at radius 3 is 2.78 bits per heavy atom. The summed E-state index contributed by atoms with van der Waals surface area (Å²) in [5.74, 6) is 1.19. The minimum absolute atomic E-state index is 0.0783. The van der Waals surface area contributed by atoms with Crippen LogP contribution in [-0.2, 0) is 6.61 Å². The first-order valence-electron chi connectivity index (χ1n) is 8.09. The molecule has 3 rings (SSSR count). The standard InChI is InChI=1S/C18H18ClN3O5/c1-11(15-6-7-26-20-15)22(2)18(23)16-9-13(27-21-16)10-25-17-5-4-12(24-3)8-14(17)19/h4-9,11H,10H2,1-3H3. The van der Waals surface area contributed by atoms with Crippen molar-refractivity contribution in [3.05, 3.63) is 58.8 Å². The van der Waals surface area contributed by atoms with Crippen molar-refractivity contribution < 1.29 is 23.3 Å². The highest BCUT2D eigenvalue weighted by Gasteiger charge is 2.23. The van der Waals surface area contributed by atoms with Crippen LogP contribution >= 0.6 is 11.6 Å². The van der Waals surface area contributed by atoms with Crippen molar-refractivity contribution in [1.29, 1.82) is 0 Å². The molecule has 1 aromatic carbocycles. The average molecular weight is 392 g/mol. The second-order valence-corrected chi connectivity index (χ2v) is 6.19. The molecule has 2 aromatic heterocycles. The molecule has 0 aliphatic rings. The van der Waals surface area contributed by atoms with Crippen LogP contribution in [0.2, 0.25) is 5.02 Å². The molecule has 0 aliphatic heterocycles. The molecule has 0 saturated heterocycles. The van der Waals surface area contributed by atoms with Crippen LogP contribution in [-0.4, -0.2) is 35.3 Å². The molecule has 1 amide bonds. The van der Waals surface area contributed by atoms with E-state index in [4.69, 9.17) is 30.1 Å². The normalized spacial score (nSPS) is 11.9. The third-order valence-corrected chi connectivity index (χ3v) is 4.37. The van der Waals surface area contributed by atoms with Crippen LogP contribution in [0.25, 0.3) is 0 Å². The fraction of sp³-hybridized carbons (Fsp3) is 0.278. The highest BCUT2D eigenvalue weighted by molar-refractivity contribution is 6.32. The van der Waals surface area contributed by atoms with Gasteiger partial charge in [-0.15, -0.1) is 0 Å². The van der Waals surface area contributed by atoms with E-state index >= 15 is 0 Å². The number of ether oxygens (including phenoxy) is 2. The van der Waals surface area contributed by atoms with Crippen LogP contribution in [0.3, 0.4) is 0 Å². The van der Waals surface area contributed by atoms with Gasteiger partial charge in [0, 0.05) is 25.2 Å². The van der Waals surface area contributed by atoms with Crippen LogP contribution < -0.4 is 9.47 Å². The van der Waals surface area contributed by atoms with Crippen LogP contribution in [0.4, 0.5) is 0 Å². The summed E-state index contributed by atoms with van der Waals surface area (Å²) in [7, 11) is 3.21. The van der Waals surface area contributed by atoms with Gasteiger partial charge < -0.3 is 23.4 Å². The Labute approximate surface area is 160 Å². The summed E-state index contributed by atoms with van der Waals surface area (Å²) in [6.45, 7) is 1.92. The topological polar surface area (TPSA) is 90.8 Å². The minimum atomic E-state index is -0.303. The Balaban J connectivity index is 1.63. The van der Waals surface area contributed by atoms with Crippen LogP contribution in [0.15, 0.2) is 45.6 Å². The molecule has 3 aromatic rings. The Hall–Kier alpha value is -3.00. The van der Waals surface area contributed by atoms with E-state index in [1.165, 1.54) is 17.2 Å². The Morgan fingerprint density at radius 2 is 2.11 bits per heavy atom. The Kier molecular flexibility index (Phi) is 5.66. The van der Waals surface area contributed by atoms with Crippen LogP contribution in [0.1, 0.15) is 34.9 Å². The molecule has 0 saturated carbocycles. The summed E-state index contributed by atoms with van der Waals surface area (Å²) in [5.41, 5.74) is 0.819. The SMILES string of the molecule is COc1ccc(OCc2cc(C(=O)N(C)C(C)c3ccon3)no2)c(Cl)c1. The van der Waals surface area contributed by atoms with Gasteiger partial charge in [-0.1, -0.05) is 21.9 Å². The van der Waals surface area contributed by atoms with Gasteiger partial charge in [-0.3, -0.25) is 4.79 Å². The van der Waals surface area contributed by atoms with Crippen LogP contribution in [0, 0.1) is 0 Å². The lowest BCUT2D eigenvalue weighted by atomic mass is 10.2. The summed E-state index contributed by atoms with van der Waals surface area (Å²) in [6, 6.07) is 8.03. The zero-order valence-corrected chi connectivity index (χ0v) is 15.8. The third-order valence-electron chi connectivity index (χ3n) is 4.07. The van der Waals surface area contributed by atoms with E-state index in [0.29, 0.717) is 28.0 Å². The largest absolute Gasteiger partial charge is 0.497 e. The molecule has 0 radical (unpaired) electrons. The van der Waals surface area contributed by atoms with Crippen molar-refractivity contribution in [3.8, 4) is 11.5 Å². The van der Waals surface area contributed by atoms with E-state index in [1.54, 1.807) is 38.4 Å². The lowest BCUT2D eigenvalue weighted by molar-refractivity contribution is 0.0727. The molecule has 1 unspecified atom stereocenters. The molecule has 0 spiro atoms.